The van der Waals surface area contributed by atoms with Crippen LogP contribution in [0.15, 0.2) is 52.9 Å². The number of ether oxygens (including phenoxy) is 1. The summed E-state index contributed by atoms with van der Waals surface area (Å²) < 4.78 is 5.51. The molecular formula is C24H27N3O3S. The van der Waals surface area contributed by atoms with Gasteiger partial charge in [0.15, 0.2) is 0 Å². The van der Waals surface area contributed by atoms with E-state index in [1.54, 1.807) is 7.11 Å². The van der Waals surface area contributed by atoms with E-state index >= 15 is 0 Å². The maximum Gasteiger partial charge on any atom is 0.203 e. The van der Waals surface area contributed by atoms with Gasteiger partial charge >= 0.3 is 0 Å². The zero-order valence-corrected chi connectivity index (χ0v) is 18.4. The van der Waals surface area contributed by atoms with Crippen molar-refractivity contribution >= 4 is 22.2 Å². The number of aliphatic hydroxyl groups is 2. The Morgan fingerprint density at radius 2 is 2.10 bits per heavy atom. The molecule has 0 radical (unpaired) electrons. The zero-order chi connectivity index (χ0) is 21.6. The monoisotopic (exact) mass is 437 g/mol. The van der Waals surface area contributed by atoms with Crippen LogP contribution in [0.25, 0.3) is 11.3 Å². The number of hydrogen-bond donors (Lipinski definition) is 3. The predicted molar refractivity (Wildman–Crippen MR) is 125 cm³/mol. The first-order chi connectivity index (χ1) is 15.2. The largest absolute Gasteiger partial charge is 0.496 e. The number of aliphatic hydroxyl groups excluding tert-OH is 2. The first kappa shape index (κ1) is 21.5. The van der Waals surface area contributed by atoms with E-state index in [4.69, 9.17) is 9.84 Å². The Hall–Kier alpha value is -2.74. The van der Waals surface area contributed by atoms with Crippen LogP contribution in [0.5, 0.6) is 5.75 Å². The van der Waals surface area contributed by atoms with Crippen LogP contribution in [0.2, 0.25) is 0 Å². The number of hydrazone groups is 1. The van der Waals surface area contributed by atoms with Crippen molar-refractivity contribution < 1.29 is 14.9 Å². The van der Waals surface area contributed by atoms with Gasteiger partial charge < -0.3 is 14.9 Å². The fourth-order valence-electron chi connectivity index (χ4n) is 3.90. The molecule has 1 heterocycles. The number of nitrogens with one attached hydrogen (secondary N) is 1. The van der Waals surface area contributed by atoms with Crippen LogP contribution in [-0.2, 0) is 6.42 Å². The van der Waals surface area contributed by atoms with Gasteiger partial charge in [-0.05, 0) is 49.8 Å². The van der Waals surface area contributed by atoms with Crippen molar-refractivity contribution in [3.8, 4) is 17.0 Å². The predicted octanol–water partition coefficient (Wildman–Crippen LogP) is 4.78. The average Bonchev–Trinajstić information content (AvgIpc) is 3.30. The molecule has 0 fully saturated rings. The molecule has 1 atom stereocenters. The second kappa shape index (κ2) is 10.0. The molecule has 0 aliphatic heterocycles. The lowest BCUT2D eigenvalue weighted by atomic mass is 9.89. The van der Waals surface area contributed by atoms with E-state index in [1.165, 1.54) is 16.9 Å². The maximum absolute atomic E-state index is 10.3. The standard InChI is InChI=1S/C24H27N3O3S/c1-30-23-12-4-8-18-19(23)9-3-10-20(18)26-27-24-25-21(15-31-24)16-6-2-7-17(14-16)22(29)11-5-13-28/h2,4,6-8,12,14-15,22,28-29H,3,5,9-11,13H2,1H3,(H,25,27)/b26-20+. The third-order valence-corrected chi connectivity index (χ3v) is 6.24. The minimum Gasteiger partial charge on any atom is -0.496 e. The van der Waals surface area contributed by atoms with E-state index in [-0.39, 0.29) is 6.61 Å². The molecule has 162 valence electrons. The third-order valence-electron chi connectivity index (χ3n) is 5.50. The zero-order valence-electron chi connectivity index (χ0n) is 17.5. The van der Waals surface area contributed by atoms with Gasteiger partial charge in [-0.2, -0.15) is 5.10 Å². The highest BCUT2D eigenvalue weighted by molar-refractivity contribution is 7.14. The Morgan fingerprint density at radius 1 is 1.23 bits per heavy atom. The molecule has 0 amide bonds. The van der Waals surface area contributed by atoms with E-state index in [1.807, 2.05) is 41.8 Å². The van der Waals surface area contributed by atoms with Gasteiger partial charge in [-0.3, -0.25) is 5.43 Å². The van der Waals surface area contributed by atoms with Gasteiger partial charge in [-0.1, -0.05) is 30.3 Å². The van der Waals surface area contributed by atoms with Gasteiger partial charge in [-0.15, -0.1) is 11.3 Å². The lowest BCUT2D eigenvalue weighted by Crippen LogP contribution is -2.14. The second-order valence-corrected chi connectivity index (χ2v) is 8.41. The summed E-state index contributed by atoms with van der Waals surface area (Å²) in [4.78, 5) is 4.67. The number of thiazole rings is 1. The number of aromatic nitrogens is 1. The Bertz CT molecular complexity index is 1060. The molecule has 0 spiro atoms. The fraction of sp³-hybridized carbons (Fsp3) is 0.333. The van der Waals surface area contributed by atoms with Crippen LogP contribution >= 0.6 is 11.3 Å². The summed E-state index contributed by atoms with van der Waals surface area (Å²) >= 11 is 1.50. The van der Waals surface area contributed by atoms with Crippen LogP contribution in [-0.4, -0.2) is 34.6 Å². The summed E-state index contributed by atoms with van der Waals surface area (Å²) in [5.74, 6) is 0.919. The van der Waals surface area contributed by atoms with E-state index in [0.29, 0.717) is 12.8 Å². The summed E-state index contributed by atoms with van der Waals surface area (Å²) in [6.07, 6.45) is 3.49. The molecule has 0 saturated heterocycles. The van der Waals surface area contributed by atoms with Gasteiger partial charge in [0.25, 0.3) is 0 Å². The summed E-state index contributed by atoms with van der Waals surface area (Å²) in [5.41, 5.74) is 9.13. The Kier molecular flexibility index (Phi) is 6.96. The van der Waals surface area contributed by atoms with Crippen LogP contribution in [0.4, 0.5) is 5.13 Å². The van der Waals surface area contributed by atoms with Crippen LogP contribution in [0.3, 0.4) is 0 Å². The van der Waals surface area contributed by atoms with Crippen molar-refractivity contribution in [1.82, 2.24) is 4.98 Å². The SMILES string of the molecule is COc1cccc2c1CCC/C2=N\Nc1nc(-c2cccc(C(O)CCCO)c2)cs1. The number of hydrogen-bond acceptors (Lipinski definition) is 7. The number of rotatable bonds is 8. The van der Waals surface area contributed by atoms with E-state index in [2.05, 4.69) is 21.6 Å². The first-order valence-corrected chi connectivity index (χ1v) is 11.4. The van der Waals surface area contributed by atoms with Gasteiger partial charge in [0.1, 0.15) is 5.75 Å². The molecule has 1 aromatic heterocycles. The molecule has 6 nitrogen and oxygen atoms in total. The van der Waals surface area contributed by atoms with Crippen molar-refractivity contribution in [2.24, 2.45) is 5.10 Å². The second-order valence-electron chi connectivity index (χ2n) is 7.56. The van der Waals surface area contributed by atoms with Crippen LogP contribution in [0.1, 0.15) is 48.5 Å². The van der Waals surface area contributed by atoms with Gasteiger partial charge in [0.05, 0.1) is 24.6 Å². The number of benzene rings is 2. The molecule has 4 rings (SSSR count). The highest BCUT2D eigenvalue weighted by Crippen LogP contribution is 2.31. The van der Waals surface area contributed by atoms with Gasteiger partial charge in [0.2, 0.25) is 5.13 Å². The van der Waals surface area contributed by atoms with Gasteiger partial charge in [-0.25, -0.2) is 4.98 Å². The number of methoxy groups -OCH3 is 1. The van der Waals surface area contributed by atoms with E-state index in [9.17, 15) is 5.11 Å². The first-order valence-electron chi connectivity index (χ1n) is 10.5. The normalized spacial score (nSPS) is 15.5. The molecule has 0 bridgehead atoms. The van der Waals surface area contributed by atoms with E-state index in [0.717, 1.165) is 58.2 Å². The third kappa shape index (κ3) is 4.95. The fourth-order valence-corrected chi connectivity index (χ4v) is 4.56. The van der Waals surface area contributed by atoms with Crippen LogP contribution in [0, 0.1) is 0 Å². The minimum atomic E-state index is -0.585. The van der Waals surface area contributed by atoms with Gasteiger partial charge in [0, 0.05) is 28.7 Å². The molecular weight excluding hydrogens is 410 g/mol. The lowest BCUT2D eigenvalue weighted by molar-refractivity contribution is 0.152. The van der Waals surface area contributed by atoms with Crippen molar-refractivity contribution in [1.29, 1.82) is 0 Å². The summed E-state index contributed by atoms with van der Waals surface area (Å²) in [7, 11) is 1.71. The molecule has 1 unspecified atom stereocenters. The Labute approximate surface area is 186 Å². The smallest absolute Gasteiger partial charge is 0.203 e. The van der Waals surface area contributed by atoms with Crippen molar-refractivity contribution in [3.05, 3.63) is 64.5 Å². The van der Waals surface area contributed by atoms with Crippen LogP contribution < -0.4 is 10.2 Å². The number of anilines is 1. The highest BCUT2D eigenvalue weighted by atomic mass is 32.1. The molecule has 3 N–H and O–H groups in total. The summed E-state index contributed by atoms with van der Waals surface area (Å²) in [6, 6.07) is 13.9. The Balaban J connectivity index is 1.50. The number of fused-ring (bicyclic) bond motifs is 1. The maximum atomic E-state index is 10.3. The van der Waals surface area contributed by atoms with E-state index < -0.39 is 6.10 Å². The van der Waals surface area contributed by atoms with Crippen molar-refractivity contribution in [3.63, 3.8) is 0 Å². The molecule has 7 heteroatoms. The molecule has 2 aromatic carbocycles. The quantitative estimate of drug-likeness (QED) is 0.442. The van der Waals surface area contributed by atoms with Crippen molar-refractivity contribution in [2.75, 3.05) is 19.1 Å². The molecule has 31 heavy (non-hydrogen) atoms. The molecule has 3 aromatic rings. The Morgan fingerprint density at radius 3 is 2.94 bits per heavy atom. The van der Waals surface area contributed by atoms with Crippen molar-refractivity contribution in [2.45, 2.75) is 38.2 Å². The topological polar surface area (TPSA) is 87.0 Å². The highest BCUT2D eigenvalue weighted by Gasteiger charge is 2.19. The number of nitrogens with zero attached hydrogens (tertiary/aromatic N) is 2. The molecule has 0 saturated carbocycles. The summed E-state index contributed by atoms with van der Waals surface area (Å²) in [6.45, 7) is 0.0810. The summed E-state index contributed by atoms with van der Waals surface area (Å²) in [5, 5.41) is 26.6. The average molecular weight is 438 g/mol. The lowest BCUT2D eigenvalue weighted by Gasteiger charge is -2.20. The minimum absolute atomic E-state index is 0.0810. The molecule has 1 aliphatic carbocycles. The molecule has 1 aliphatic rings.